The Kier molecular flexibility index (Phi) is 35.1. The van der Waals surface area contributed by atoms with E-state index in [1.165, 1.54) is 0 Å². The van der Waals surface area contributed by atoms with E-state index >= 15 is 0 Å². The molecule has 0 aliphatic rings. The number of hydrogen-bond acceptors (Lipinski definition) is 17. The van der Waals surface area contributed by atoms with Crippen LogP contribution in [0.15, 0.2) is 340 Å². The molecule has 0 aliphatic carbocycles. The molecule has 0 saturated heterocycles. The number of nitrogens with one attached hydrogen (secondary N) is 4. The number of aromatic hydroxyl groups is 2. The zero-order chi connectivity index (χ0) is 84.5. The summed E-state index contributed by atoms with van der Waals surface area (Å²) in [4.78, 5) is 23.0. The van der Waals surface area contributed by atoms with Crippen LogP contribution in [0.25, 0.3) is 45.0 Å². The highest BCUT2D eigenvalue weighted by atomic mass is 79.9. The number of alkyl carbamates (subject to hydrolysis) is 2. The number of nitrogens with zero attached hydrogens (tertiary/aromatic N) is 10. The third-order valence-corrected chi connectivity index (χ3v) is 18.5. The van der Waals surface area contributed by atoms with Gasteiger partial charge in [-0.2, -0.15) is 30.8 Å². The number of halogens is 5. The van der Waals surface area contributed by atoms with Crippen molar-refractivity contribution in [2.24, 2.45) is 5.73 Å². The highest BCUT2D eigenvalue weighted by molar-refractivity contribution is 9.09. The van der Waals surface area contributed by atoms with E-state index < -0.39 is 34.5 Å². The summed E-state index contributed by atoms with van der Waals surface area (Å²) in [6.07, 6.45) is 7.01. The second-order valence-corrected chi connectivity index (χ2v) is 29.0. The number of H-pyrrole nitrogens is 2. The van der Waals surface area contributed by atoms with E-state index in [0.717, 1.165) is 78.4 Å². The molecule has 14 rings (SSSR count). The molecule has 0 spiro atoms. The molecule has 4 aromatic heterocycles. The van der Waals surface area contributed by atoms with Crippen LogP contribution in [0.3, 0.4) is 0 Å². The lowest BCUT2D eigenvalue weighted by Crippen LogP contribution is -2.39. The Bertz CT molecular complexity index is 5270. The molecular formula is C93H96BrClF3N15O8. The number of alkyl halides is 1. The van der Waals surface area contributed by atoms with Gasteiger partial charge in [-0.1, -0.05) is 216 Å². The minimum absolute atomic E-state index is 0. The van der Waals surface area contributed by atoms with Crippen LogP contribution < -0.4 is 25.8 Å². The van der Waals surface area contributed by atoms with Gasteiger partial charge in [0.15, 0.2) is 0 Å². The molecule has 0 unspecified atom stereocenters. The maximum atomic E-state index is 13.5. The molecular weight excluding hydrogens is 1630 g/mol. The molecule has 14 aromatic rings. The summed E-state index contributed by atoms with van der Waals surface area (Å²) in [7, 11) is 0. The first-order chi connectivity index (χ1) is 57.7. The zero-order valence-electron chi connectivity index (χ0n) is 66.7. The molecule has 0 atom stereocenters. The van der Waals surface area contributed by atoms with E-state index in [1.807, 2.05) is 167 Å². The van der Waals surface area contributed by atoms with Crippen molar-refractivity contribution in [3.8, 4) is 68.0 Å². The summed E-state index contributed by atoms with van der Waals surface area (Å²) in [5.74, 6) is 1.67. The fraction of sp³-hybridized carbons (Fsp3) is 0.183. The molecule has 0 saturated carbocycles. The molecule has 0 bridgehead atoms. The van der Waals surface area contributed by atoms with Crippen LogP contribution in [-0.2, 0) is 20.6 Å². The maximum absolute atomic E-state index is 13.5. The SMILES string of the molecule is C.CC(C)(C)OC(=O)NCC(=CF)CBr.CC(C)(C)OC(=O)NCC(=CF)COc1ccc(-c2cnnn2C(c2ccccc2)(c2ccccc2)c2ccccc2)cc1.Cl.NCC(=CF)COc1ccc(-c2cn[nH]n2)cc1.Oc1ccc(-c2cn[nH]n2)cc1.Oc1ccc(-c2cnnn2C(c2ccccc2)(c2ccccc2)c2ccccc2)cc1. The van der Waals surface area contributed by atoms with Crippen molar-refractivity contribution >= 4 is 40.5 Å². The van der Waals surface area contributed by atoms with Crippen LogP contribution in [0.4, 0.5) is 22.8 Å². The number of rotatable bonds is 24. The predicted octanol–water partition coefficient (Wildman–Crippen LogP) is 19.7. The van der Waals surface area contributed by atoms with Gasteiger partial charge in [0.1, 0.15) is 69.9 Å². The molecule has 10 aromatic carbocycles. The Morgan fingerprint density at radius 3 is 1.00 bits per heavy atom. The smallest absolute Gasteiger partial charge is 0.407 e. The minimum Gasteiger partial charge on any atom is -0.508 e. The standard InChI is InChI=1S/C36H35FN4O3.C27H21N3O.C12H13FN4O.C9H15BrFNO2.C8H7N3O.CH4.ClH/c1-35(2,3)44-34(42)38-24-27(23-37)26-43-32-21-19-28(20-22-32)33-25-39-40-41(33)36(29-13-7-4-8-14-29,30-15-9-5-10-16-30)31-17-11-6-12-18-31;31-25-18-16-21(17-19-25)26-20-28-29-30(26)27(22-10-4-1-5-11-22,23-12-6-2-7-13-23)24-14-8-3-9-15-24;13-5-9(6-14)8-18-11-3-1-10(2-4-11)12-7-15-17-16-12;1-9(2,3)14-8(13)12-6-7(4-10)5-11;12-7-3-1-6(2-4-7)8-5-9-11-10-8;;/h4-23,25H,24,26H2,1-3H3,(H,38,42);1-20,31H;1-5,7H,6,8,14H2,(H,15,16,17);5H,4,6H2,1-3H3,(H,12,13);1-5,12H,(H,9,10,11);1H4;1H. The number of carbonyl (C=O) groups is 2. The minimum atomic E-state index is -0.813. The van der Waals surface area contributed by atoms with E-state index in [9.17, 15) is 27.9 Å². The lowest BCUT2D eigenvalue weighted by molar-refractivity contribution is 0.0520. The first kappa shape index (κ1) is 92.7. The Balaban J connectivity index is 0.000000204. The van der Waals surface area contributed by atoms with E-state index in [2.05, 4.69) is 151 Å². The maximum Gasteiger partial charge on any atom is 0.407 e. The number of nitrogens with two attached hydrogens (primary N) is 1. The highest BCUT2D eigenvalue weighted by Crippen LogP contribution is 2.45. The molecule has 0 radical (unpaired) electrons. The number of aromatic nitrogens is 12. The average Bonchev–Trinajstić information content (AvgIpc) is 1.72. The molecule has 8 N–H and O–H groups in total. The molecule has 2 amide bonds. The number of phenols is 2. The van der Waals surface area contributed by atoms with Crippen molar-refractivity contribution in [1.82, 2.24) is 71.4 Å². The van der Waals surface area contributed by atoms with Crippen molar-refractivity contribution in [3.63, 3.8) is 0 Å². The van der Waals surface area contributed by atoms with Crippen LogP contribution in [0.2, 0.25) is 0 Å². The van der Waals surface area contributed by atoms with E-state index in [4.69, 9.17) is 29.8 Å². The topological polar surface area (TPSA) is 306 Å². The first-order valence-corrected chi connectivity index (χ1v) is 38.8. The molecule has 28 heteroatoms. The van der Waals surface area contributed by atoms with Gasteiger partial charge in [-0.25, -0.2) is 32.1 Å². The Labute approximate surface area is 715 Å². The van der Waals surface area contributed by atoms with Gasteiger partial charge in [0.2, 0.25) is 0 Å². The molecule has 121 heavy (non-hydrogen) atoms. The lowest BCUT2D eigenvalue weighted by atomic mass is 9.76. The van der Waals surface area contributed by atoms with Crippen LogP contribution in [0, 0.1) is 0 Å². The number of aromatic amines is 2. The number of benzene rings is 10. The van der Waals surface area contributed by atoms with Crippen LogP contribution in [0.1, 0.15) is 82.3 Å². The van der Waals surface area contributed by atoms with Gasteiger partial charge in [0.25, 0.3) is 0 Å². The van der Waals surface area contributed by atoms with Gasteiger partial charge < -0.3 is 45.5 Å². The summed E-state index contributed by atoms with van der Waals surface area (Å²) in [5, 5.41) is 62.5. The number of phenolic OH excluding ortho intramolecular Hbond substituents is 2. The Morgan fingerprint density at radius 1 is 0.430 bits per heavy atom. The summed E-state index contributed by atoms with van der Waals surface area (Å²) in [6, 6.07) is 90.7. The molecule has 23 nitrogen and oxygen atoms in total. The Morgan fingerprint density at radius 2 is 0.719 bits per heavy atom. The monoisotopic (exact) mass is 1720 g/mol. The van der Waals surface area contributed by atoms with E-state index in [1.54, 1.807) is 115 Å². The largest absolute Gasteiger partial charge is 0.508 e. The second-order valence-electron chi connectivity index (χ2n) is 28.5. The van der Waals surface area contributed by atoms with Crippen LogP contribution in [-0.4, -0.2) is 133 Å². The van der Waals surface area contributed by atoms with Gasteiger partial charge in [-0.15, -0.1) is 22.6 Å². The van der Waals surface area contributed by atoms with Crippen molar-refractivity contribution in [3.05, 3.63) is 373 Å². The number of amides is 2. The van der Waals surface area contributed by atoms with Crippen molar-refractivity contribution in [2.45, 2.75) is 71.2 Å². The van der Waals surface area contributed by atoms with Crippen molar-refractivity contribution in [2.75, 3.05) is 38.2 Å². The van der Waals surface area contributed by atoms with Gasteiger partial charge in [0.05, 0.1) is 55.2 Å². The fourth-order valence-electron chi connectivity index (χ4n) is 12.3. The Hall–Kier alpha value is -13.8. The number of ether oxygens (including phenoxy) is 4. The summed E-state index contributed by atoms with van der Waals surface area (Å²) < 4.78 is 63.2. The number of carbonyl (C=O) groups excluding carboxylic acids is 2. The highest BCUT2D eigenvalue weighted by Gasteiger charge is 2.43. The summed E-state index contributed by atoms with van der Waals surface area (Å²) in [6.45, 7) is 11.0. The fourth-order valence-corrected chi connectivity index (χ4v) is 12.6. The van der Waals surface area contributed by atoms with Gasteiger partial charge >= 0.3 is 12.2 Å². The third kappa shape index (κ3) is 25.6. The molecule has 0 fully saturated rings. The van der Waals surface area contributed by atoms with E-state index in [0.29, 0.717) is 47.0 Å². The predicted molar refractivity (Wildman–Crippen MR) is 471 cm³/mol. The van der Waals surface area contributed by atoms with Crippen molar-refractivity contribution < 1.29 is 51.9 Å². The van der Waals surface area contributed by atoms with Gasteiger partial charge in [0, 0.05) is 58.4 Å². The first-order valence-electron chi connectivity index (χ1n) is 37.7. The molecule has 4 heterocycles. The molecule has 626 valence electrons. The van der Waals surface area contributed by atoms with E-state index in [-0.39, 0.29) is 69.8 Å². The zero-order valence-corrected chi connectivity index (χ0v) is 69.1. The normalized spacial score (nSPS) is 11.4. The van der Waals surface area contributed by atoms with Crippen LogP contribution in [0.5, 0.6) is 23.0 Å². The summed E-state index contributed by atoms with van der Waals surface area (Å²) >= 11 is 3.09. The third-order valence-electron chi connectivity index (χ3n) is 17.8. The summed E-state index contributed by atoms with van der Waals surface area (Å²) in [5.41, 5.74) is 17.0. The number of hydrogen-bond donors (Lipinski definition) is 7. The quantitative estimate of drug-likeness (QED) is 0.0218. The average molecular weight is 1720 g/mol. The molecule has 0 aliphatic heterocycles. The second kappa shape index (κ2) is 45.8. The van der Waals surface area contributed by atoms with Gasteiger partial charge in [-0.05, 0) is 178 Å². The van der Waals surface area contributed by atoms with Crippen LogP contribution >= 0.6 is 28.3 Å². The van der Waals surface area contributed by atoms with Crippen molar-refractivity contribution in [1.29, 1.82) is 0 Å². The lowest BCUT2D eigenvalue weighted by Gasteiger charge is -2.37. The van der Waals surface area contributed by atoms with Gasteiger partial charge in [-0.3, -0.25) is 0 Å².